The van der Waals surface area contributed by atoms with Gasteiger partial charge in [0, 0.05) is 30.4 Å². The summed E-state index contributed by atoms with van der Waals surface area (Å²) >= 11 is 0. The van der Waals surface area contributed by atoms with Crippen LogP contribution in [0.25, 0.3) is 22.3 Å². The lowest BCUT2D eigenvalue weighted by molar-refractivity contribution is -0.0452. The molecule has 1 aromatic heterocycles. The summed E-state index contributed by atoms with van der Waals surface area (Å²) in [6.07, 6.45) is -1.70. The van der Waals surface area contributed by atoms with E-state index in [-0.39, 0.29) is 51.2 Å². The Bertz CT molecular complexity index is 1540. The molecule has 0 fully saturated rings. The molecule has 1 heterocycles. The molecule has 0 amide bonds. The fourth-order valence-electron chi connectivity index (χ4n) is 4.35. The molecular weight excluding hydrogens is 524 g/mol. The number of fused-ring (bicyclic) bond motifs is 1. The van der Waals surface area contributed by atoms with Crippen molar-refractivity contribution in [1.82, 2.24) is 0 Å². The third-order valence-corrected chi connectivity index (χ3v) is 6.21. The van der Waals surface area contributed by atoms with Gasteiger partial charge >= 0.3 is 0 Å². The molecule has 0 aliphatic rings. The maximum Gasteiger partial charge on any atom is 0.204 e. The Morgan fingerprint density at radius 3 is 2.12 bits per heavy atom. The van der Waals surface area contributed by atoms with E-state index in [1.807, 2.05) is 0 Å². The monoisotopic (exact) mass is 554 g/mol. The fourth-order valence-corrected chi connectivity index (χ4v) is 4.35. The summed E-state index contributed by atoms with van der Waals surface area (Å²) < 4.78 is 34.3. The van der Waals surface area contributed by atoms with Gasteiger partial charge < -0.3 is 48.5 Å². The second kappa shape index (κ2) is 12.1. The molecule has 0 spiro atoms. The number of hydrogen-bond donors (Lipinski definition) is 4. The summed E-state index contributed by atoms with van der Waals surface area (Å²) in [4.78, 5) is 12.7. The SMILES string of the molecule is CCO[C@H](c1ccc(O)c(OC)c1)[C@@H](CO)Oc1c(OC)cc(-c2cc(=O)c3c(O)cc(O)cc3o2)cc1OC. The molecule has 212 valence electrons. The minimum Gasteiger partial charge on any atom is -0.508 e. The topological polar surface area (TPSA) is 157 Å². The Morgan fingerprint density at radius 2 is 1.52 bits per heavy atom. The maximum absolute atomic E-state index is 12.7. The Balaban J connectivity index is 1.77. The largest absolute Gasteiger partial charge is 0.508 e. The third kappa shape index (κ3) is 5.56. The molecule has 0 aliphatic carbocycles. The first kappa shape index (κ1) is 28.4. The van der Waals surface area contributed by atoms with E-state index in [9.17, 15) is 25.2 Å². The molecule has 3 aromatic carbocycles. The normalized spacial score (nSPS) is 12.6. The van der Waals surface area contributed by atoms with Crippen LogP contribution in [0.2, 0.25) is 0 Å². The highest BCUT2D eigenvalue weighted by Gasteiger charge is 2.29. The van der Waals surface area contributed by atoms with Crippen LogP contribution in [0, 0.1) is 0 Å². The predicted octanol–water partition coefficient (Wildman–Crippen LogP) is 4.12. The van der Waals surface area contributed by atoms with Gasteiger partial charge in [-0.15, -0.1) is 0 Å². The smallest absolute Gasteiger partial charge is 0.204 e. The zero-order chi connectivity index (χ0) is 29.0. The molecule has 4 N–H and O–H groups in total. The van der Waals surface area contributed by atoms with Gasteiger partial charge in [0.1, 0.15) is 34.3 Å². The number of ether oxygens (including phenoxy) is 5. The lowest BCUT2D eigenvalue weighted by Crippen LogP contribution is -2.31. The average molecular weight is 555 g/mol. The highest BCUT2D eigenvalue weighted by molar-refractivity contribution is 5.86. The van der Waals surface area contributed by atoms with E-state index in [1.165, 1.54) is 39.5 Å². The van der Waals surface area contributed by atoms with Crippen molar-refractivity contribution in [2.45, 2.75) is 19.1 Å². The van der Waals surface area contributed by atoms with Crippen LogP contribution >= 0.6 is 0 Å². The molecule has 11 heteroatoms. The Kier molecular flexibility index (Phi) is 8.56. The van der Waals surface area contributed by atoms with Crippen LogP contribution in [0.15, 0.2) is 57.7 Å². The van der Waals surface area contributed by atoms with Crippen molar-refractivity contribution >= 4 is 11.0 Å². The molecule has 0 saturated heterocycles. The van der Waals surface area contributed by atoms with Gasteiger partial charge in [-0.3, -0.25) is 4.79 Å². The van der Waals surface area contributed by atoms with Crippen molar-refractivity contribution in [3.05, 3.63) is 64.3 Å². The van der Waals surface area contributed by atoms with Crippen LogP contribution in [0.5, 0.6) is 40.2 Å². The maximum atomic E-state index is 12.7. The van der Waals surface area contributed by atoms with Crippen LogP contribution < -0.4 is 24.4 Å². The first-order valence-electron chi connectivity index (χ1n) is 12.3. The van der Waals surface area contributed by atoms with Gasteiger partial charge in [-0.05, 0) is 36.8 Å². The molecule has 40 heavy (non-hydrogen) atoms. The quantitative estimate of drug-likeness (QED) is 0.211. The lowest BCUT2D eigenvalue weighted by Gasteiger charge is -2.28. The number of aliphatic hydroxyl groups excluding tert-OH is 1. The van der Waals surface area contributed by atoms with Crippen LogP contribution in [0.4, 0.5) is 0 Å². The number of rotatable bonds is 11. The summed E-state index contributed by atoms with van der Waals surface area (Å²) in [6.45, 7) is 1.65. The molecule has 0 radical (unpaired) electrons. The standard InChI is InChI=1S/C29H30O11/c1-5-38-28(15-6-7-18(32)22(8-15)35-2)26(14-30)40-29-24(36-3)9-16(10-25(29)37-4)21-13-20(34)27-19(33)11-17(31)12-23(27)39-21/h6-13,26,28,30-33H,5,14H2,1-4H3/t26-,28-/m1/s1. The molecule has 0 unspecified atom stereocenters. The number of phenolic OH excluding ortho intramolecular Hbond substituents is 3. The van der Waals surface area contributed by atoms with Crippen molar-refractivity contribution in [2.75, 3.05) is 34.5 Å². The number of benzene rings is 3. The Labute approximate surface area is 229 Å². The highest BCUT2D eigenvalue weighted by atomic mass is 16.6. The van der Waals surface area contributed by atoms with Crippen molar-refractivity contribution < 1.29 is 48.5 Å². The Hall–Kier alpha value is -4.61. The van der Waals surface area contributed by atoms with Gasteiger partial charge in [0.25, 0.3) is 0 Å². The highest BCUT2D eigenvalue weighted by Crippen LogP contribution is 2.44. The zero-order valence-corrected chi connectivity index (χ0v) is 22.3. The van der Waals surface area contributed by atoms with Gasteiger partial charge in [-0.25, -0.2) is 0 Å². The van der Waals surface area contributed by atoms with E-state index < -0.39 is 30.0 Å². The summed E-state index contributed by atoms with van der Waals surface area (Å²) in [6, 6.07) is 11.3. The summed E-state index contributed by atoms with van der Waals surface area (Å²) in [7, 11) is 4.25. The van der Waals surface area contributed by atoms with Gasteiger partial charge in [-0.1, -0.05) is 6.07 Å². The van der Waals surface area contributed by atoms with Crippen molar-refractivity contribution in [1.29, 1.82) is 0 Å². The summed E-state index contributed by atoms with van der Waals surface area (Å²) in [5.74, 6) is 0.188. The van der Waals surface area contributed by atoms with Crippen LogP contribution in [0.3, 0.4) is 0 Å². The van der Waals surface area contributed by atoms with E-state index in [0.717, 1.165) is 6.07 Å². The first-order valence-corrected chi connectivity index (χ1v) is 12.3. The van der Waals surface area contributed by atoms with Gasteiger partial charge in [0.15, 0.2) is 34.5 Å². The van der Waals surface area contributed by atoms with E-state index in [1.54, 1.807) is 31.2 Å². The summed E-state index contributed by atoms with van der Waals surface area (Å²) in [5.41, 5.74) is 0.446. The second-order valence-corrected chi connectivity index (χ2v) is 8.67. The Morgan fingerprint density at radius 1 is 0.850 bits per heavy atom. The third-order valence-electron chi connectivity index (χ3n) is 6.21. The first-order chi connectivity index (χ1) is 19.2. The van der Waals surface area contributed by atoms with Crippen LogP contribution in [-0.4, -0.2) is 61.1 Å². The predicted molar refractivity (Wildman–Crippen MR) is 145 cm³/mol. The summed E-state index contributed by atoms with van der Waals surface area (Å²) in [5, 5.41) is 40.2. The molecule has 11 nitrogen and oxygen atoms in total. The second-order valence-electron chi connectivity index (χ2n) is 8.67. The number of aromatic hydroxyl groups is 3. The van der Waals surface area contributed by atoms with E-state index >= 15 is 0 Å². The van der Waals surface area contributed by atoms with Crippen molar-refractivity contribution in [3.63, 3.8) is 0 Å². The molecule has 2 atom stereocenters. The number of phenols is 3. The number of hydrogen-bond acceptors (Lipinski definition) is 11. The van der Waals surface area contributed by atoms with Gasteiger partial charge in [0.2, 0.25) is 5.75 Å². The molecular formula is C29H30O11. The van der Waals surface area contributed by atoms with Gasteiger partial charge in [-0.2, -0.15) is 0 Å². The molecule has 0 bridgehead atoms. The van der Waals surface area contributed by atoms with Crippen LogP contribution in [0.1, 0.15) is 18.6 Å². The lowest BCUT2D eigenvalue weighted by atomic mass is 10.0. The van der Waals surface area contributed by atoms with E-state index in [4.69, 9.17) is 28.1 Å². The minimum absolute atomic E-state index is 0.0116. The van der Waals surface area contributed by atoms with Crippen molar-refractivity contribution in [2.24, 2.45) is 0 Å². The van der Waals surface area contributed by atoms with Crippen molar-refractivity contribution in [3.8, 4) is 51.6 Å². The van der Waals surface area contributed by atoms with E-state index in [0.29, 0.717) is 17.7 Å². The van der Waals surface area contributed by atoms with Gasteiger partial charge in [0.05, 0.1) is 27.9 Å². The molecule has 0 saturated carbocycles. The van der Waals surface area contributed by atoms with Crippen LogP contribution in [-0.2, 0) is 4.74 Å². The molecule has 4 aromatic rings. The minimum atomic E-state index is -0.938. The van der Waals surface area contributed by atoms with E-state index in [2.05, 4.69) is 0 Å². The number of methoxy groups -OCH3 is 3. The average Bonchev–Trinajstić information content (AvgIpc) is 2.94. The number of aliphatic hydroxyl groups is 1. The molecule has 4 rings (SSSR count). The zero-order valence-electron chi connectivity index (χ0n) is 22.3. The molecule has 0 aliphatic heterocycles. The fraction of sp³-hybridized carbons (Fsp3) is 0.276.